The molecule has 78 valence electrons. The molecule has 0 spiro atoms. The average Bonchev–Trinajstić information content (AvgIpc) is 2.15. The fourth-order valence-corrected chi connectivity index (χ4v) is 1.28. The predicted octanol–water partition coefficient (Wildman–Crippen LogP) is 1.37. The van der Waals surface area contributed by atoms with Crippen LogP contribution in [-0.2, 0) is 4.79 Å². The second-order valence-electron chi connectivity index (χ2n) is 3.34. The number of amides is 1. The van der Waals surface area contributed by atoms with E-state index in [2.05, 4.69) is 13.8 Å². The van der Waals surface area contributed by atoms with E-state index >= 15 is 0 Å². The Balaban J connectivity index is 4.09. The molecule has 0 radical (unpaired) electrons. The lowest BCUT2D eigenvalue weighted by atomic mass is 10.2. The van der Waals surface area contributed by atoms with Crippen LogP contribution in [0.15, 0.2) is 0 Å². The molecule has 1 unspecified atom stereocenters. The summed E-state index contributed by atoms with van der Waals surface area (Å²) in [6, 6.07) is -0.307. The quantitative estimate of drug-likeness (QED) is 0.681. The van der Waals surface area contributed by atoms with Crippen molar-refractivity contribution in [2.24, 2.45) is 5.73 Å². The Labute approximate surface area is 81.3 Å². The van der Waals surface area contributed by atoms with E-state index in [1.54, 1.807) is 0 Å². The molecule has 0 fully saturated rings. The van der Waals surface area contributed by atoms with E-state index in [1.165, 1.54) is 0 Å². The second kappa shape index (κ2) is 6.89. The lowest BCUT2D eigenvalue weighted by Crippen LogP contribution is -2.44. The fraction of sp³-hybridized carbons (Fsp3) is 0.900. The highest BCUT2D eigenvalue weighted by Gasteiger charge is 2.17. The Kier molecular flexibility index (Phi) is 6.59. The van der Waals surface area contributed by atoms with Gasteiger partial charge in [0.25, 0.3) is 0 Å². The Morgan fingerprint density at radius 2 is 1.69 bits per heavy atom. The van der Waals surface area contributed by atoms with Gasteiger partial charge in [-0.2, -0.15) is 0 Å². The Morgan fingerprint density at radius 1 is 1.23 bits per heavy atom. The summed E-state index contributed by atoms with van der Waals surface area (Å²) in [6.45, 7) is 7.76. The fourth-order valence-electron chi connectivity index (χ4n) is 1.28. The van der Waals surface area contributed by atoms with Gasteiger partial charge in [-0.25, -0.2) is 0 Å². The SMILES string of the molecule is CCCN(CCC)C(=O)C(N)CC. The van der Waals surface area contributed by atoms with Crippen molar-refractivity contribution in [3.05, 3.63) is 0 Å². The number of carbonyl (C=O) groups is 1. The smallest absolute Gasteiger partial charge is 0.239 e. The molecule has 0 saturated carbocycles. The van der Waals surface area contributed by atoms with E-state index < -0.39 is 0 Å². The number of nitrogens with zero attached hydrogens (tertiary/aromatic N) is 1. The molecule has 3 nitrogen and oxygen atoms in total. The third-order valence-electron chi connectivity index (χ3n) is 2.06. The molecular formula is C10H22N2O. The van der Waals surface area contributed by atoms with Crippen LogP contribution in [0, 0.1) is 0 Å². The van der Waals surface area contributed by atoms with E-state index in [0.717, 1.165) is 32.4 Å². The molecule has 0 saturated heterocycles. The van der Waals surface area contributed by atoms with Gasteiger partial charge in [-0.15, -0.1) is 0 Å². The van der Waals surface area contributed by atoms with Crippen LogP contribution in [0.2, 0.25) is 0 Å². The molecule has 0 aliphatic carbocycles. The van der Waals surface area contributed by atoms with Gasteiger partial charge in [-0.05, 0) is 19.3 Å². The minimum atomic E-state index is -0.307. The summed E-state index contributed by atoms with van der Waals surface area (Å²) in [5.74, 6) is 0.103. The van der Waals surface area contributed by atoms with Gasteiger partial charge < -0.3 is 10.6 Å². The van der Waals surface area contributed by atoms with Gasteiger partial charge in [-0.1, -0.05) is 20.8 Å². The lowest BCUT2D eigenvalue weighted by molar-refractivity contribution is -0.132. The third-order valence-corrected chi connectivity index (χ3v) is 2.06. The maximum Gasteiger partial charge on any atom is 0.239 e. The maximum atomic E-state index is 11.7. The number of nitrogens with two attached hydrogens (primary N) is 1. The van der Waals surface area contributed by atoms with Gasteiger partial charge >= 0.3 is 0 Å². The molecule has 0 aliphatic heterocycles. The third kappa shape index (κ3) is 4.27. The molecule has 0 aromatic heterocycles. The highest BCUT2D eigenvalue weighted by Crippen LogP contribution is 1.99. The first-order chi connectivity index (χ1) is 6.17. The molecule has 0 heterocycles. The number of rotatable bonds is 6. The van der Waals surface area contributed by atoms with Crippen molar-refractivity contribution >= 4 is 5.91 Å². The second-order valence-corrected chi connectivity index (χ2v) is 3.34. The zero-order valence-electron chi connectivity index (χ0n) is 9.05. The van der Waals surface area contributed by atoms with Crippen molar-refractivity contribution < 1.29 is 4.79 Å². The van der Waals surface area contributed by atoms with Crippen molar-refractivity contribution in [3.8, 4) is 0 Å². The lowest BCUT2D eigenvalue weighted by Gasteiger charge is -2.24. The van der Waals surface area contributed by atoms with Crippen molar-refractivity contribution in [1.29, 1.82) is 0 Å². The summed E-state index contributed by atoms with van der Waals surface area (Å²) >= 11 is 0. The summed E-state index contributed by atoms with van der Waals surface area (Å²) in [4.78, 5) is 13.5. The van der Waals surface area contributed by atoms with Crippen LogP contribution in [-0.4, -0.2) is 29.9 Å². The largest absolute Gasteiger partial charge is 0.341 e. The van der Waals surface area contributed by atoms with Gasteiger partial charge in [0.1, 0.15) is 0 Å². The van der Waals surface area contributed by atoms with E-state index in [0.29, 0.717) is 0 Å². The van der Waals surface area contributed by atoms with Gasteiger partial charge in [0.2, 0.25) is 5.91 Å². The Hall–Kier alpha value is -0.570. The molecule has 0 bridgehead atoms. The molecule has 0 aliphatic rings. The first kappa shape index (κ1) is 12.4. The van der Waals surface area contributed by atoms with E-state index in [1.807, 2.05) is 11.8 Å². The Bertz CT molecular complexity index is 142. The zero-order valence-corrected chi connectivity index (χ0v) is 9.05. The van der Waals surface area contributed by atoms with Gasteiger partial charge in [0.15, 0.2) is 0 Å². The van der Waals surface area contributed by atoms with Crippen molar-refractivity contribution in [2.45, 2.75) is 46.1 Å². The van der Waals surface area contributed by atoms with Gasteiger partial charge in [-0.3, -0.25) is 4.79 Å². The first-order valence-electron chi connectivity index (χ1n) is 5.21. The van der Waals surface area contributed by atoms with Crippen molar-refractivity contribution in [1.82, 2.24) is 4.90 Å². The number of hydrogen-bond acceptors (Lipinski definition) is 2. The van der Waals surface area contributed by atoms with Crippen LogP contribution in [0.5, 0.6) is 0 Å². The van der Waals surface area contributed by atoms with Crippen LogP contribution in [0.1, 0.15) is 40.0 Å². The van der Waals surface area contributed by atoms with Gasteiger partial charge in [0.05, 0.1) is 6.04 Å². The van der Waals surface area contributed by atoms with E-state index in [-0.39, 0.29) is 11.9 Å². The number of carbonyl (C=O) groups excluding carboxylic acids is 1. The normalized spacial score (nSPS) is 12.6. The van der Waals surface area contributed by atoms with Crippen molar-refractivity contribution in [2.75, 3.05) is 13.1 Å². The summed E-state index contributed by atoms with van der Waals surface area (Å²) in [5.41, 5.74) is 5.69. The summed E-state index contributed by atoms with van der Waals surface area (Å²) < 4.78 is 0. The van der Waals surface area contributed by atoms with Crippen LogP contribution in [0.25, 0.3) is 0 Å². The van der Waals surface area contributed by atoms with E-state index in [4.69, 9.17) is 5.73 Å². The molecule has 0 rings (SSSR count). The molecular weight excluding hydrogens is 164 g/mol. The number of hydrogen-bond donors (Lipinski definition) is 1. The molecule has 2 N–H and O–H groups in total. The predicted molar refractivity (Wildman–Crippen MR) is 55.4 cm³/mol. The highest BCUT2D eigenvalue weighted by atomic mass is 16.2. The van der Waals surface area contributed by atoms with Crippen molar-refractivity contribution in [3.63, 3.8) is 0 Å². The van der Waals surface area contributed by atoms with Crippen LogP contribution >= 0.6 is 0 Å². The standard InChI is InChI=1S/C10H22N2O/c1-4-7-12(8-5-2)10(13)9(11)6-3/h9H,4-8,11H2,1-3H3. The zero-order chi connectivity index (χ0) is 10.3. The maximum absolute atomic E-state index is 11.7. The monoisotopic (exact) mass is 186 g/mol. The molecule has 1 amide bonds. The van der Waals surface area contributed by atoms with Gasteiger partial charge in [0, 0.05) is 13.1 Å². The Morgan fingerprint density at radius 3 is 2.00 bits per heavy atom. The molecule has 13 heavy (non-hydrogen) atoms. The van der Waals surface area contributed by atoms with Crippen LogP contribution in [0.3, 0.4) is 0 Å². The summed E-state index contributed by atoms with van der Waals surface area (Å²) in [6.07, 6.45) is 2.73. The van der Waals surface area contributed by atoms with E-state index in [9.17, 15) is 4.79 Å². The molecule has 0 aromatic rings. The average molecular weight is 186 g/mol. The highest BCUT2D eigenvalue weighted by molar-refractivity contribution is 5.81. The van der Waals surface area contributed by atoms with Crippen LogP contribution < -0.4 is 5.73 Å². The molecule has 0 aromatic carbocycles. The molecule has 3 heteroatoms. The molecule has 1 atom stereocenters. The topological polar surface area (TPSA) is 46.3 Å². The minimum absolute atomic E-state index is 0.103. The first-order valence-corrected chi connectivity index (χ1v) is 5.21. The van der Waals surface area contributed by atoms with Crippen LogP contribution in [0.4, 0.5) is 0 Å². The summed E-state index contributed by atoms with van der Waals surface area (Å²) in [5, 5.41) is 0. The summed E-state index contributed by atoms with van der Waals surface area (Å²) in [7, 11) is 0. The minimum Gasteiger partial charge on any atom is -0.341 e.